The summed E-state index contributed by atoms with van der Waals surface area (Å²) in [6.45, 7) is 7.72. The van der Waals surface area contributed by atoms with Crippen LogP contribution in [0.5, 0.6) is 0 Å². The molecule has 1 saturated carbocycles. The molecular formula is C20H28N2O. The number of carbonyl (C=O) groups excluding carboxylic acids is 1. The summed E-state index contributed by atoms with van der Waals surface area (Å²) in [5, 5.41) is 0. The number of likely N-dealkylation sites (tertiary alicyclic amines) is 2. The van der Waals surface area contributed by atoms with Crippen LogP contribution in [0.1, 0.15) is 51.1 Å². The zero-order valence-corrected chi connectivity index (χ0v) is 14.4. The predicted molar refractivity (Wildman–Crippen MR) is 92.0 cm³/mol. The van der Waals surface area contributed by atoms with E-state index in [1.165, 1.54) is 12.1 Å². The first-order valence-corrected chi connectivity index (χ1v) is 9.20. The van der Waals surface area contributed by atoms with Crippen LogP contribution in [-0.4, -0.2) is 41.4 Å². The van der Waals surface area contributed by atoms with Crippen molar-refractivity contribution in [2.45, 2.75) is 51.6 Å². The maximum atomic E-state index is 12.3. The topological polar surface area (TPSA) is 23.6 Å². The molecule has 3 nitrogen and oxygen atoms in total. The molecule has 1 atom stereocenters. The van der Waals surface area contributed by atoms with Gasteiger partial charge in [-0.15, -0.1) is 0 Å². The molecule has 4 rings (SSSR count). The first-order chi connectivity index (χ1) is 11.1. The Labute approximate surface area is 139 Å². The fourth-order valence-electron chi connectivity index (χ4n) is 4.63. The lowest BCUT2D eigenvalue weighted by Gasteiger charge is -2.62. The molecular weight excluding hydrogens is 284 g/mol. The number of benzene rings is 1. The molecule has 2 saturated heterocycles. The van der Waals surface area contributed by atoms with Gasteiger partial charge >= 0.3 is 0 Å². The zero-order chi connectivity index (χ0) is 16.0. The number of amides is 1. The van der Waals surface area contributed by atoms with Crippen LogP contribution in [0.2, 0.25) is 0 Å². The first kappa shape index (κ1) is 15.2. The van der Waals surface area contributed by atoms with E-state index in [9.17, 15) is 4.79 Å². The highest BCUT2D eigenvalue weighted by atomic mass is 16.2. The molecule has 1 amide bonds. The second-order valence-electron chi connectivity index (χ2n) is 8.04. The van der Waals surface area contributed by atoms with E-state index in [-0.39, 0.29) is 0 Å². The van der Waals surface area contributed by atoms with Gasteiger partial charge in [-0.2, -0.15) is 0 Å². The van der Waals surface area contributed by atoms with Crippen molar-refractivity contribution in [3.05, 3.63) is 35.9 Å². The molecule has 3 aliphatic rings. The Balaban J connectivity index is 1.50. The van der Waals surface area contributed by atoms with Gasteiger partial charge in [-0.3, -0.25) is 9.69 Å². The molecule has 3 heteroatoms. The Morgan fingerprint density at radius 1 is 1.13 bits per heavy atom. The Morgan fingerprint density at radius 2 is 1.78 bits per heavy atom. The Morgan fingerprint density at radius 3 is 2.35 bits per heavy atom. The van der Waals surface area contributed by atoms with E-state index >= 15 is 0 Å². The van der Waals surface area contributed by atoms with Gasteiger partial charge in [0.25, 0.3) is 0 Å². The van der Waals surface area contributed by atoms with Gasteiger partial charge in [-0.05, 0) is 45.1 Å². The average Bonchev–Trinajstić information content (AvgIpc) is 3.38. The average molecular weight is 312 g/mol. The minimum absolute atomic E-state index is 0.363. The highest BCUT2D eigenvalue weighted by molar-refractivity contribution is 5.81. The number of rotatable bonds is 3. The Hall–Kier alpha value is -1.35. The monoisotopic (exact) mass is 312 g/mol. The highest BCUT2D eigenvalue weighted by Gasteiger charge is 2.55. The lowest BCUT2D eigenvalue weighted by atomic mass is 9.62. The van der Waals surface area contributed by atoms with Gasteiger partial charge in [0.15, 0.2) is 0 Å². The fraction of sp³-hybridized carbons (Fsp3) is 0.650. The molecule has 1 spiro atoms. The Kier molecular flexibility index (Phi) is 3.72. The number of piperidine rings is 1. The van der Waals surface area contributed by atoms with Crippen molar-refractivity contribution in [2.75, 3.05) is 19.6 Å². The molecule has 0 aromatic heterocycles. The molecule has 1 aromatic carbocycles. The maximum Gasteiger partial charge on any atom is 0.225 e. The smallest absolute Gasteiger partial charge is 0.225 e. The lowest BCUT2D eigenvalue weighted by molar-refractivity contribution is -0.148. The van der Waals surface area contributed by atoms with Gasteiger partial charge in [-0.1, -0.05) is 30.3 Å². The third-order valence-corrected chi connectivity index (χ3v) is 6.19. The molecule has 124 valence electrons. The summed E-state index contributed by atoms with van der Waals surface area (Å²) < 4.78 is 0. The van der Waals surface area contributed by atoms with Crippen LogP contribution in [0.4, 0.5) is 0 Å². The van der Waals surface area contributed by atoms with Crippen molar-refractivity contribution in [3.63, 3.8) is 0 Å². The maximum absolute atomic E-state index is 12.3. The van der Waals surface area contributed by atoms with Gasteiger partial charge < -0.3 is 4.90 Å². The van der Waals surface area contributed by atoms with Gasteiger partial charge in [0, 0.05) is 43.1 Å². The third-order valence-electron chi connectivity index (χ3n) is 6.19. The zero-order valence-electron chi connectivity index (χ0n) is 14.4. The predicted octanol–water partition coefficient (Wildman–Crippen LogP) is 3.47. The van der Waals surface area contributed by atoms with Crippen LogP contribution in [0.3, 0.4) is 0 Å². The number of carbonyl (C=O) groups is 1. The molecule has 0 radical (unpaired) electrons. The van der Waals surface area contributed by atoms with E-state index in [2.05, 4.69) is 54.0 Å². The Bertz CT molecular complexity index is 571. The molecule has 1 aromatic rings. The van der Waals surface area contributed by atoms with Crippen molar-refractivity contribution in [1.29, 1.82) is 0 Å². The summed E-state index contributed by atoms with van der Waals surface area (Å²) >= 11 is 0. The van der Waals surface area contributed by atoms with E-state index in [0.29, 0.717) is 29.3 Å². The van der Waals surface area contributed by atoms with Crippen LogP contribution in [0.15, 0.2) is 30.3 Å². The largest absolute Gasteiger partial charge is 0.342 e. The summed E-state index contributed by atoms with van der Waals surface area (Å²) in [6, 6.07) is 12.1. The molecule has 1 unspecified atom stereocenters. The summed E-state index contributed by atoms with van der Waals surface area (Å²) in [6.07, 6.45) is 4.56. The van der Waals surface area contributed by atoms with E-state index < -0.39 is 0 Å². The summed E-state index contributed by atoms with van der Waals surface area (Å²) in [5.74, 6) is 0.790. The lowest BCUT2D eigenvalue weighted by Crippen LogP contribution is -2.64. The first-order valence-electron chi connectivity index (χ1n) is 9.20. The molecule has 2 aliphatic heterocycles. The number of nitrogens with zero attached hydrogens (tertiary/aromatic N) is 2. The van der Waals surface area contributed by atoms with Crippen LogP contribution < -0.4 is 0 Å². The second-order valence-corrected chi connectivity index (χ2v) is 8.04. The quantitative estimate of drug-likeness (QED) is 0.853. The van der Waals surface area contributed by atoms with Crippen molar-refractivity contribution in [3.8, 4) is 0 Å². The number of hydrogen-bond donors (Lipinski definition) is 0. The van der Waals surface area contributed by atoms with Gasteiger partial charge in [0.05, 0.1) is 0 Å². The highest BCUT2D eigenvalue weighted by Crippen LogP contribution is 2.55. The minimum atomic E-state index is 0.363. The van der Waals surface area contributed by atoms with Crippen LogP contribution >= 0.6 is 0 Å². The van der Waals surface area contributed by atoms with Crippen molar-refractivity contribution in [1.82, 2.24) is 9.80 Å². The van der Waals surface area contributed by atoms with Crippen LogP contribution in [0, 0.1) is 11.3 Å². The molecule has 23 heavy (non-hydrogen) atoms. The van der Waals surface area contributed by atoms with Gasteiger partial charge in [0.1, 0.15) is 0 Å². The number of hydrogen-bond acceptors (Lipinski definition) is 2. The normalized spacial score (nSPS) is 27.3. The van der Waals surface area contributed by atoms with Crippen molar-refractivity contribution < 1.29 is 4.79 Å². The molecule has 0 N–H and O–H groups in total. The molecule has 0 bridgehead atoms. The molecule has 2 heterocycles. The van der Waals surface area contributed by atoms with Crippen LogP contribution in [-0.2, 0) is 4.79 Å². The third kappa shape index (κ3) is 2.59. The summed E-state index contributed by atoms with van der Waals surface area (Å²) in [5.41, 5.74) is 1.83. The fourth-order valence-corrected chi connectivity index (χ4v) is 4.63. The van der Waals surface area contributed by atoms with E-state index in [1.807, 2.05) is 0 Å². The van der Waals surface area contributed by atoms with E-state index in [4.69, 9.17) is 0 Å². The van der Waals surface area contributed by atoms with E-state index in [0.717, 1.165) is 38.8 Å². The summed E-state index contributed by atoms with van der Waals surface area (Å²) in [7, 11) is 0. The second kappa shape index (κ2) is 5.62. The minimum Gasteiger partial charge on any atom is -0.342 e. The molecule has 1 aliphatic carbocycles. The van der Waals surface area contributed by atoms with Crippen LogP contribution in [0.25, 0.3) is 0 Å². The van der Waals surface area contributed by atoms with Gasteiger partial charge in [0.2, 0.25) is 5.91 Å². The SMILES string of the molecule is CC(C)N1CC2(CCN(C(=O)C3CC3)CC2)C1c1ccccc1. The van der Waals surface area contributed by atoms with Gasteiger partial charge in [-0.25, -0.2) is 0 Å². The van der Waals surface area contributed by atoms with Crippen molar-refractivity contribution in [2.24, 2.45) is 11.3 Å². The summed E-state index contributed by atoms with van der Waals surface area (Å²) in [4.78, 5) is 17.1. The van der Waals surface area contributed by atoms with Crippen molar-refractivity contribution >= 4 is 5.91 Å². The standard InChI is InChI=1S/C20H28N2O/c1-15(2)22-14-20(18(22)16-6-4-3-5-7-16)10-12-21(13-11-20)19(23)17-8-9-17/h3-7,15,17-18H,8-14H2,1-2H3. The molecule has 3 fully saturated rings. The van der Waals surface area contributed by atoms with E-state index in [1.54, 1.807) is 0 Å².